The lowest BCUT2D eigenvalue weighted by atomic mass is 10.0. The minimum atomic E-state index is -0.00138. The summed E-state index contributed by atoms with van der Waals surface area (Å²) in [4.78, 5) is 18.0. The maximum atomic E-state index is 12.6. The van der Waals surface area contributed by atoms with Crippen molar-refractivity contribution in [3.63, 3.8) is 0 Å². The molecule has 0 unspecified atom stereocenters. The summed E-state index contributed by atoms with van der Waals surface area (Å²) in [5.74, 6) is 0.845. The zero-order valence-corrected chi connectivity index (χ0v) is 16.8. The summed E-state index contributed by atoms with van der Waals surface area (Å²) in [7, 11) is 1.66. The van der Waals surface area contributed by atoms with Crippen LogP contribution in [0.3, 0.4) is 0 Å². The third-order valence-electron chi connectivity index (χ3n) is 5.10. The first-order valence-corrected chi connectivity index (χ1v) is 9.88. The Bertz CT molecular complexity index is 965. The van der Waals surface area contributed by atoms with E-state index in [9.17, 15) is 4.79 Å². The smallest absolute Gasteiger partial charge is 0.317 e. The molecule has 1 aliphatic rings. The van der Waals surface area contributed by atoms with Gasteiger partial charge in [0.15, 0.2) is 0 Å². The van der Waals surface area contributed by atoms with Crippen LogP contribution in [0.2, 0.25) is 0 Å². The predicted molar refractivity (Wildman–Crippen MR) is 110 cm³/mol. The molecule has 5 nitrogen and oxygen atoms in total. The van der Waals surface area contributed by atoms with Gasteiger partial charge < -0.3 is 19.9 Å². The molecular formula is C21H22BrN3O2. The van der Waals surface area contributed by atoms with Crippen molar-refractivity contribution < 1.29 is 9.53 Å². The molecule has 4 rings (SSSR count). The van der Waals surface area contributed by atoms with Crippen LogP contribution in [0.25, 0.3) is 10.9 Å². The second-order valence-electron chi connectivity index (χ2n) is 6.75. The van der Waals surface area contributed by atoms with Gasteiger partial charge in [0.1, 0.15) is 5.75 Å². The van der Waals surface area contributed by atoms with E-state index in [2.05, 4.69) is 32.3 Å². The van der Waals surface area contributed by atoms with E-state index in [4.69, 9.17) is 4.74 Å². The SMILES string of the molecule is COc1ccc(CCNC(=O)N2CCc3[nH]c4c(Br)cccc4c3C2)cc1. The molecule has 0 radical (unpaired) electrons. The number of halogens is 1. The van der Waals surface area contributed by atoms with Crippen molar-refractivity contribution in [1.29, 1.82) is 0 Å². The summed E-state index contributed by atoms with van der Waals surface area (Å²) in [5.41, 5.74) is 4.75. The van der Waals surface area contributed by atoms with Gasteiger partial charge in [-0.25, -0.2) is 4.79 Å². The molecule has 0 saturated carbocycles. The fraction of sp³-hybridized carbons (Fsp3) is 0.286. The molecule has 0 spiro atoms. The van der Waals surface area contributed by atoms with Gasteiger partial charge in [-0.3, -0.25) is 0 Å². The summed E-state index contributed by atoms with van der Waals surface area (Å²) < 4.78 is 6.23. The minimum absolute atomic E-state index is 0.00138. The Kier molecular flexibility index (Phi) is 5.07. The Labute approximate surface area is 166 Å². The number of carbonyl (C=O) groups is 1. The highest BCUT2D eigenvalue weighted by Gasteiger charge is 2.24. The normalized spacial score (nSPS) is 13.5. The number of nitrogens with zero attached hydrogens (tertiary/aromatic N) is 1. The summed E-state index contributed by atoms with van der Waals surface area (Å²) >= 11 is 3.60. The highest BCUT2D eigenvalue weighted by Crippen LogP contribution is 2.31. The van der Waals surface area contributed by atoms with Crippen molar-refractivity contribution in [2.45, 2.75) is 19.4 Å². The van der Waals surface area contributed by atoms with Crippen LogP contribution in [0, 0.1) is 0 Å². The van der Waals surface area contributed by atoms with Crippen LogP contribution < -0.4 is 10.1 Å². The molecule has 1 aromatic heterocycles. The van der Waals surface area contributed by atoms with Gasteiger partial charge in [0.05, 0.1) is 12.6 Å². The summed E-state index contributed by atoms with van der Waals surface area (Å²) in [5, 5.41) is 4.24. The summed E-state index contributed by atoms with van der Waals surface area (Å²) in [6.45, 7) is 1.99. The largest absolute Gasteiger partial charge is 0.497 e. The monoisotopic (exact) mass is 427 g/mol. The fourth-order valence-corrected chi connectivity index (χ4v) is 4.06. The number of hydrogen-bond acceptors (Lipinski definition) is 2. The molecule has 0 aliphatic carbocycles. The van der Waals surface area contributed by atoms with Crippen LogP contribution in [-0.2, 0) is 19.4 Å². The predicted octanol–water partition coefficient (Wildman–Crippen LogP) is 4.25. The minimum Gasteiger partial charge on any atom is -0.497 e. The lowest BCUT2D eigenvalue weighted by Gasteiger charge is -2.27. The van der Waals surface area contributed by atoms with E-state index in [1.807, 2.05) is 41.3 Å². The van der Waals surface area contributed by atoms with Crippen molar-refractivity contribution in [3.8, 4) is 5.75 Å². The topological polar surface area (TPSA) is 57.4 Å². The number of aromatic nitrogens is 1. The Hall–Kier alpha value is -2.47. The number of ether oxygens (including phenoxy) is 1. The number of rotatable bonds is 4. The highest BCUT2D eigenvalue weighted by molar-refractivity contribution is 9.10. The molecular weight excluding hydrogens is 406 g/mol. The van der Waals surface area contributed by atoms with Gasteiger partial charge in [0.2, 0.25) is 0 Å². The molecule has 1 aliphatic heterocycles. The average molecular weight is 428 g/mol. The van der Waals surface area contributed by atoms with E-state index >= 15 is 0 Å². The zero-order chi connectivity index (χ0) is 18.8. The van der Waals surface area contributed by atoms with Crippen molar-refractivity contribution in [2.75, 3.05) is 20.2 Å². The van der Waals surface area contributed by atoms with Gasteiger partial charge in [-0.15, -0.1) is 0 Å². The van der Waals surface area contributed by atoms with Crippen molar-refractivity contribution in [3.05, 3.63) is 63.8 Å². The molecule has 2 aromatic carbocycles. The average Bonchev–Trinajstić information content (AvgIpc) is 3.08. The second-order valence-corrected chi connectivity index (χ2v) is 7.60. The molecule has 27 heavy (non-hydrogen) atoms. The van der Waals surface area contributed by atoms with Crippen LogP contribution in [0.4, 0.5) is 4.79 Å². The van der Waals surface area contributed by atoms with Gasteiger partial charge in [-0.2, -0.15) is 0 Å². The van der Waals surface area contributed by atoms with Crippen LogP contribution in [0.15, 0.2) is 46.9 Å². The van der Waals surface area contributed by atoms with E-state index < -0.39 is 0 Å². The lowest BCUT2D eigenvalue weighted by molar-refractivity contribution is 0.192. The quantitative estimate of drug-likeness (QED) is 0.653. The van der Waals surface area contributed by atoms with Gasteiger partial charge in [-0.1, -0.05) is 24.3 Å². The van der Waals surface area contributed by atoms with E-state index in [0.717, 1.165) is 35.1 Å². The molecule has 140 valence electrons. The van der Waals surface area contributed by atoms with Crippen molar-refractivity contribution in [1.82, 2.24) is 15.2 Å². The number of hydrogen-bond donors (Lipinski definition) is 2. The van der Waals surface area contributed by atoms with Crippen molar-refractivity contribution in [2.24, 2.45) is 0 Å². The van der Waals surface area contributed by atoms with Gasteiger partial charge >= 0.3 is 6.03 Å². The lowest BCUT2D eigenvalue weighted by Crippen LogP contribution is -2.43. The van der Waals surface area contributed by atoms with Crippen LogP contribution in [-0.4, -0.2) is 36.1 Å². The van der Waals surface area contributed by atoms with Gasteiger partial charge in [0, 0.05) is 47.2 Å². The third kappa shape index (κ3) is 3.67. The summed E-state index contributed by atoms with van der Waals surface area (Å²) in [6.07, 6.45) is 1.65. The second kappa shape index (κ2) is 7.64. The molecule has 2 N–H and O–H groups in total. The number of benzene rings is 2. The molecule has 2 heterocycles. The number of amides is 2. The molecule has 0 fully saturated rings. The Balaban J connectivity index is 1.37. The molecule has 2 amide bonds. The first-order chi connectivity index (χ1) is 13.2. The number of fused-ring (bicyclic) bond motifs is 3. The third-order valence-corrected chi connectivity index (χ3v) is 5.76. The maximum Gasteiger partial charge on any atom is 0.317 e. The molecule has 0 atom stereocenters. The number of carbonyl (C=O) groups excluding carboxylic acids is 1. The Morgan fingerprint density at radius 1 is 1.26 bits per heavy atom. The summed E-state index contributed by atoms with van der Waals surface area (Å²) in [6, 6.07) is 14.1. The molecule has 0 saturated heterocycles. The number of nitrogens with one attached hydrogen (secondary N) is 2. The number of aromatic amines is 1. The molecule has 6 heteroatoms. The van der Waals surface area contributed by atoms with Crippen LogP contribution >= 0.6 is 15.9 Å². The van der Waals surface area contributed by atoms with Crippen LogP contribution in [0.5, 0.6) is 5.75 Å². The maximum absolute atomic E-state index is 12.6. The first-order valence-electron chi connectivity index (χ1n) is 9.09. The van der Waals surface area contributed by atoms with Crippen molar-refractivity contribution >= 4 is 32.9 Å². The van der Waals surface area contributed by atoms with E-state index in [1.54, 1.807) is 7.11 Å². The van der Waals surface area contributed by atoms with E-state index in [1.165, 1.54) is 22.2 Å². The number of H-pyrrole nitrogens is 1. The van der Waals surface area contributed by atoms with E-state index in [0.29, 0.717) is 13.1 Å². The Morgan fingerprint density at radius 2 is 2.07 bits per heavy atom. The van der Waals surface area contributed by atoms with Gasteiger partial charge in [-0.05, 0) is 46.1 Å². The zero-order valence-electron chi connectivity index (χ0n) is 15.2. The molecule has 0 bridgehead atoms. The Morgan fingerprint density at radius 3 is 2.85 bits per heavy atom. The molecule has 3 aromatic rings. The highest BCUT2D eigenvalue weighted by atomic mass is 79.9. The van der Waals surface area contributed by atoms with E-state index in [-0.39, 0.29) is 6.03 Å². The number of methoxy groups -OCH3 is 1. The fourth-order valence-electron chi connectivity index (χ4n) is 3.59. The first kappa shape index (κ1) is 17.9. The van der Waals surface area contributed by atoms with Gasteiger partial charge in [0.25, 0.3) is 0 Å². The van der Waals surface area contributed by atoms with Crippen LogP contribution in [0.1, 0.15) is 16.8 Å². The number of para-hydroxylation sites is 1. The standard InChI is InChI=1S/C21H22BrN3O2/c1-27-15-7-5-14(6-8-15)9-11-23-21(26)25-12-10-19-17(13-25)16-3-2-4-18(22)20(16)24-19/h2-8,24H,9-13H2,1H3,(H,23,26). The number of urea groups is 1.